The van der Waals surface area contributed by atoms with Crippen molar-refractivity contribution in [2.75, 3.05) is 33.4 Å². The number of likely N-dealkylation sites (tertiary alicyclic amines) is 1. The van der Waals surface area contributed by atoms with Crippen LogP contribution in [-0.2, 0) is 14.3 Å². The summed E-state index contributed by atoms with van der Waals surface area (Å²) in [6.07, 6.45) is 4.92. The van der Waals surface area contributed by atoms with Crippen LogP contribution in [0, 0.1) is 0 Å². The molecule has 118 valence electrons. The van der Waals surface area contributed by atoms with Gasteiger partial charge in [-0.05, 0) is 23.8 Å². The number of piperidine rings is 1. The smallest absolute Gasteiger partial charge is 0.246 e. The lowest BCUT2D eigenvalue weighted by molar-refractivity contribution is -0.186. The van der Waals surface area contributed by atoms with Crippen molar-refractivity contribution < 1.29 is 19.0 Å². The Bertz CT molecular complexity index is 554. The van der Waals surface area contributed by atoms with Crippen LogP contribution in [0.25, 0.3) is 6.08 Å². The van der Waals surface area contributed by atoms with E-state index in [-0.39, 0.29) is 5.91 Å². The van der Waals surface area contributed by atoms with E-state index in [1.165, 1.54) is 0 Å². The highest BCUT2D eigenvalue weighted by Crippen LogP contribution is 2.31. The number of hydrogen-bond acceptors (Lipinski definition) is 4. The molecule has 2 aliphatic heterocycles. The van der Waals surface area contributed by atoms with Gasteiger partial charge >= 0.3 is 0 Å². The summed E-state index contributed by atoms with van der Waals surface area (Å²) in [6, 6.07) is 7.63. The Morgan fingerprint density at radius 1 is 1.27 bits per heavy atom. The zero-order valence-electron chi connectivity index (χ0n) is 12.8. The summed E-state index contributed by atoms with van der Waals surface area (Å²) in [4.78, 5) is 14.1. The average Bonchev–Trinajstić information content (AvgIpc) is 3.01. The van der Waals surface area contributed by atoms with E-state index in [4.69, 9.17) is 14.2 Å². The maximum absolute atomic E-state index is 12.3. The third kappa shape index (κ3) is 3.31. The highest BCUT2D eigenvalue weighted by Gasteiger charge is 2.40. The second-order valence-corrected chi connectivity index (χ2v) is 5.54. The van der Waals surface area contributed by atoms with Crippen LogP contribution in [0.2, 0.25) is 0 Å². The second kappa shape index (κ2) is 6.50. The fourth-order valence-electron chi connectivity index (χ4n) is 2.87. The van der Waals surface area contributed by atoms with Gasteiger partial charge in [-0.1, -0.05) is 12.1 Å². The molecular formula is C17H21NO4. The van der Waals surface area contributed by atoms with Gasteiger partial charge in [-0.25, -0.2) is 0 Å². The normalized spacial score (nSPS) is 20.7. The van der Waals surface area contributed by atoms with Gasteiger partial charge in [0.1, 0.15) is 5.75 Å². The van der Waals surface area contributed by atoms with Crippen molar-refractivity contribution in [2.45, 2.75) is 18.6 Å². The lowest BCUT2D eigenvalue weighted by atomic mass is 10.0. The third-order valence-corrected chi connectivity index (χ3v) is 4.16. The molecular weight excluding hydrogens is 282 g/mol. The van der Waals surface area contributed by atoms with Gasteiger partial charge in [0.2, 0.25) is 5.91 Å². The van der Waals surface area contributed by atoms with Crippen LogP contribution in [-0.4, -0.2) is 50.0 Å². The van der Waals surface area contributed by atoms with Gasteiger partial charge in [-0.15, -0.1) is 0 Å². The quantitative estimate of drug-likeness (QED) is 0.802. The zero-order chi connectivity index (χ0) is 15.4. The summed E-state index contributed by atoms with van der Waals surface area (Å²) in [7, 11) is 1.63. The second-order valence-electron chi connectivity index (χ2n) is 5.54. The van der Waals surface area contributed by atoms with E-state index in [0.717, 1.165) is 24.2 Å². The van der Waals surface area contributed by atoms with E-state index in [1.807, 2.05) is 35.2 Å². The monoisotopic (exact) mass is 303 g/mol. The average molecular weight is 303 g/mol. The molecule has 1 aromatic rings. The molecule has 0 aromatic heterocycles. The van der Waals surface area contributed by atoms with E-state index < -0.39 is 5.79 Å². The van der Waals surface area contributed by atoms with Gasteiger partial charge in [0.15, 0.2) is 5.79 Å². The SMILES string of the molecule is COc1cccc(/C=C/C(=O)N2CCC3(CC2)OCCO3)c1. The molecule has 0 unspecified atom stereocenters. The van der Waals surface area contributed by atoms with Crippen LogP contribution in [0.15, 0.2) is 30.3 Å². The molecule has 2 heterocycles. The summed E-state index contributed by atoms with van der Waals surface area (Å²) in [5.74, 6) is 0.369. The maximum atomic E-state index is 12.3. The number of hydrogen-bond donors (Lipinski definition) is 0. The number of rotatable bonds is 3. The summed E-state index contributed by atoms with van der Waals surface area (Å²) < 4.78 is 16.5. The number of methoxy groups -OCH3 is 1. The molecule has 5 heteroatoms. The first-order valence-corrected chi connectivity index (χ1v) is 7.60. The van der Waals surface area contributed by atoms with Gasteiger partial charge < -0.3 is 19.1 Å². The fourth-order valence-corrected chi connectivity index (χ4v) is 2.87. The number of carbonyl (C=O) groups is 1. The van der Waals surface area contributed by atoms with Crippen LogP contribution < -0.4 is 4.74 Å². The van der Waals surface area contributed by atoms with Crippen LogP contribution in [0.3, 0.4) is 0 Å². The Balaban J connectivity index is 1.57. The number of nitrogens with zero attached hydrogens (tertiary/aromatic N) is 1. The number of amides is 1. The van der Waals surface area contributed by atoms with E-state index in [0.29, 0.717) is 26.3 Å². The van der Waals surface area contributed by atoms with Gasteiger partial charge in [0, 0.05) is 32.0 Å². The van der Waals surface area contributed by atoms with E-state index in [9.17, 15) is 4.79 Å². The molecule has 5 nitrogen and oxygen atoms in total. The van der Waals surface area contributed by atoms with Crippen molar-refractivity contribution in [3.05, 3.63) is 35.9 Å². The molecule has 3 rings (SSSR count). The first-order chi connectivity index (χ1) is 10.7. The topological polar surface area (TPSA) is 48.0 Å². The minimum atomic E-state index is -0.437. The molecule has 1 aromatic carbocycles. The summed E-state index contributed by atoms with van der Waals surface area (Å²) >= 11 is 0. The molecule has 2 aliphatic rings. The molecule has 0 saturated carbocycles. The standard InChI is InChI=1S/C17H21NO4/c1-20-15-4-2-3-14(13-15)5-6-16(19)18-9-7-17(8-10-18)21-11-12-22-17/h2-6,13H,7-12H2,1H3/b6-5+. The number of benzene rings is 1. The minimum absolute atomic E-state index is 0.0238. The largest absolute Gasteiger partial charge is 0.497 e. The molecule has 1 spiro atoms. The minimum Gasteiger partial charge on any atom is -0.497 e. The Morgan fingerprint density at radius 3 is 2.68 bits per heavy atom. The van der Waals surface area contributed by atoms with Crippen molar-refractivity contribution >= 4 is 12.0 Å². The van der Waals surface area contributed by atoms with Crippen LogP contribution in [0.5, 0.6) is 5.75 Å². The van der Waals surface area contributed by atoms with Crippen molar-refractivity contribution in [3.8, 4) is 5.75 Å². The van der Waals surface area contributed by atoms with Gasteiger partial charge in [0.05, 0.1) is 20.3 Å². The van der Waals surface area contributed by atoms with Crippen LogP contribution >= 0.6 is 0 Å². The van der Waals surface area contributed by atoms with E-state index >= 15 is 0 Å². The van der Waals surface area contributed by atoms with Crippen molar-refractivity contribution in [1.29, 1.82) is 0 Å². The Morgan fingerprint density at radius 2 is 2.00 bits per heavy atom. The summed E-state index contributed by atoms with van der Waals surface area (Å²) in [5.41, 5.74) is 0.948. The lowest BCUT2D eigenvalue weighted by Gasteiger charge is -2.37. The highest BCUT2D eigenvalue weighted by atomic mass is 16.7. The van der Waals surface area contributed by atoms with Crippen molar-refractivity contribution in [3.63, 3.8) is 0 Å². The third-order valence-electron chi connectivity index (χ3n) is 4.16. The highest BCUT2D eigenvalue weighted by molar-refractivity contribution is 5.91. The Hall–Kier alpha value is -1.85. The van der Waals surface area contributed by atoms with Crippen molar-refractivity contribution in [2.24, 2.45) is 0 Å². The first kappa shape index (κ1) is 15.1. The molecule has 2 fully saturated rings. The molecule has 0 N–H and O–H groups in total. The first-order valence-electron chi connectivity index (χ1n) is 7.60. The van der Waals surface area contributed by atoms with Crippen molar-refractivity contribution in [1.82, 2.24) is 4.90 Å². The zero-order valence-corrected chi connectivity index (χ0v) is 12.8. The molecule has 0 radical (unpaired) electrons. The van der Waals surface area contributed by atoms with E-state index in [1.54, 1.807) is 13.2 Å². The lowest BCUT2D eigenvalue weighted by Crippen LogP contribution is -2.46. The van der Waals surface area contributed by atoms with Gasteiger partial charge in [-0.2, -0.15) is 0 Å². The molecule has 0 aliphatic carbocycles. The molecule has 1 amide bonds. The Kier molecular flexibility index (Phi) is 4.45. The summed E-state index contributed by atoms with van der Waals surface area (Å²) in [5, 5.41) is 0. The number of carbonyl (C=O) groups excluding carboxylic acids is 1. The predicted octanol–water partition coefficient (Wildman–Crippen LogP) is 2.07. The maximum Gasteiger partial charge on any atom is 0.246 e. The molecule has 0 bridgehead atoms. The molecule has 0 atom stereocenters. The van der Waals surface area contributed by atoms with Crippen LogP contribution in [0.1, 0.15) is 18.4 Å². The van der Waals surface area contributed by atoms with Gasteiger partial charge in [-0.3, -0.25) is 4.79 Å². The van der Waals surface area contributed by atoms with E-state index in [2.05, 4.69) is 0 Å². The van der Waals surface area contributed by atoms with Gasteiger partial charge in [0.25, 0.3) is 0 Å². The Labute approximate surface area is 130 Å². The molecule has 22 heavy (non-hydrogen) atoms. The molecule has 2 saturated heterocycles. The fraction of sp³-hybridized carbons (Fsp3) is 0.471. The predicted molar refractivity (Wildman–Crippen MR) is 82.5 cm³/mol. The van der Waals surface area contributed by atoms with Crippen LogP contribution in [0.4, 0.5) is 0 Å². The summed E-state index contributed by atoms with van der Waals surface area (Å²) in [6.45, 7) is 2.65. The number of ether oxygens (including phenoxy) is 3.